The number of benzene rings is 1. The number of fused-ring (bicyclic) bond motifs is 1. The number of sulfonamides is 1. The Balaban J connectivity index is 2.01. The molecule has 1 aromatic carbocycles. The molecule has 0 amide bonds. The van der Waals surface area contributed by atoms with Gasteiger partial charge in [-0.25, -0.2) is 13.3 Å². The molecule has 0 bridgehead atoms. The van der Waals surface area contributed by atoms with E-state index in [1.165, 1.54) is 4.31 Å². The predicted octanol–water partition coefficient (Wildman–Crippen LogP) is 3.12. The van der Waals surface area contributed by atoms with Gasteiger partial charge in [-0.05, 0) is 29.9 Å². The second-order valence-corrected chi connectivity index (χ2v) is 9.63. The van der Waals surface area contributed by atoms with Gasteiger partial charge in [0.15, 0.2) is 5.78 Å². The SMILES string of the molecule is [C-]#[N+]C1=C[C@]2(C)CN(S(=O)(=O)c3ccccc3)CC[C@H]2C(C)(C)C1=O. The van der Waals surface area contributed by atoms with E-state index in [2.05, 4.69) is 4.85 Å². The number of nitrogens with zero attached hydrogens (tertiary/aromatic N) is 2. The molecule has 0 spiro atoms. The average molecular weight is 358 g/mol. The summed E-state index contributed by atoms with van der Waals surface area (Å²) in [5, 5.41) is 0. The van der Waals surface area contributed by atoms with Crippen LogP contribution in [0.2, 0.25) is 0 Å². The van der Waals surface area contributed by atoms with Crippen LogP contribution in [0.25, 0.3) is 4.85 Å². The second-order valence-electron chi connectivity index (χ2n) is 7.69. The van der Waals surface area contributed by atoms with E-state index in [-0.39, 0.29) is 28.8 Å². The molecule has 0 aromatic heterocycles. The highest BCUT2D eigenvalue weighted by Gasteiger charge is 2.54. The largest absolute Gasteiger partial charge is 0.307 e. The van der Waals surface area contributed by atoms with E-state index < -0.39 is 20.9 Å². The van der Waals surface area contributed by atoms with Gasteiger partial charge >= 0.3 is 0 Å². The third-order valence-electron chi connectivity index (χ3n) is 5.64. The summed E-state index contributed by atoms with van der Waals surface area (Å²) in [6, 6.07) is 8.39. The Bertz CT molecular complexity index is 881. The molecule has 0 radical (unpaired) electrons. The Morgan fingerprint density at radius 1 is 1.20 bits per heavy atom. The van der Waals surface area contributed by atoms with Gasteiger partial charge < -0.3 is 4.79 Å². The highest BCUT2D eigenvalue weighted by atomic mass is 32.2. The number of carbonyl (C=O) groups excluding carboxylic acids is 1. The highest BCUT2D eigenvalue weighted by Crippen LogP contribution is 2.52. The van der Waals surface area contributed by atoms with Gasteiger partial charge in [0.1, 0.15) is 0 Å². The second kappa shape index (κ2) is 5.79. The van der Waals surface area contributed by atoms with Gasteiger partial charge in [-0.1, -0.05) is 45.0 Å². The van der Waals surface area contributed by atoms with E-state index in [4.69, 9.17) is 6.57 Å². The van der Waals surface area contributed by atoms with Crippen molar-refractivity contribution in [2.45, 2.75) is 32.1 Å². The van der Waals surface area contributed by atoms with Crippen LogP contribution >= 0.6 is 0 Å². The van der Waals surface area contributed by atoms with Gasteiger partial charge in [0.25, 0.3) is 0 Å². The van der Waals surface area contributed by atoms with E-state index >= 15 is 0 Å². The topological polar surface area (TPSA) is 58.8 Å². The normalized spacial score (nSPS) is 29.4. The first-order chi connectivity index (χ1) is 11.6. The zero-order valence-corrected chi connectivity index (χ0v) is 15.5. The van der Waals surface area contributed by atoms with E-state index in [0.29, 0.717) is 13.0 Å². The summed E-state index contributed by atoms with van der Waals surface area (Å²) >= 11 is 0. The molecule has 1 heterocycles. The van der Waals surface area contributed by atoms with Crippen LogP contribution in [-0.2, 0) is 14.8 Å². The molecule has 0 N–H and O–H groups in total. The Hall–Kier alpha value is -1.97. The molecule has 5 nitrogen and oxygen atoms in total. The molecular formula is C19H22N2O3S. The van der Waals surface area contributed by atoms with Crippen molar-refractivity contribution < 1.29 is 13.2 Å². The van der Waals surface area contributed by atoms with E-state index in [9.17, 15) is 13.2 Å². The Morgan fingerprint density at radius 2 is 1.84 bits per heavy atom. The van der Waals surface area contributed by atoms with Gasteiger partial charge in [-0.15, -0.1) is 0 Å². The van der Waals surface area contributed by atoms with Gasteiger partial charge in [-0.3, -0.25) is 0 Å². The average Bonchev–Trinajstić information content (AvgIpc) is 2.58. The summed E-state index contributed by atoms with van der Waals surface area (Å²) in [6.07, 6.45) is 2.30. The van der Waals surface area contributed by atoms with Crippen LogP contribution in [0.1, 0.15) is 27.2 Å². The molecule has 132 valence electrons. The molecule has 3 rings (SSSR count). The number of hydrogen-bond acceptors (Lipinski definition) is 3. The molecule has 0 unspecified atom stereocenters. The van der Waals surface area contributed by atoms with Crippen molar-refractivity contribution in [3.05, 3.63) is 53.5 Å². The van der Waals surface area contributed by atoms with Crippen LogP contribution in [0.4, 0.5) is 0 Å². The lowest BCUT2D eigenvalue weighted by Gasteiger charge is -2.52. The number of allylic oxidation sites excluding steroid dienone is 1. The van der Waals surface area contributed by atoms with E-state index in [1.54, 1.807) is 36.4 Å². The van der Waals surface area contributed by atoms with Gasteiger partial charge in [0.05, 0.1) is 11.5 Å². The van der Waals surface area contributed by atoms with Gasteiger partial charge in [0.2, 0.25) is 15.7 Å². The van der Waals surface area contributed by atoms with Crippen LogP contribution in [0.5, 0.6) is 0 Å². The maximum atomic E-state index is 13.0. The molecule has 2 atom stereocenters. The number of Topliss-reactive ketones (excluding diaryl/α,β-unsaturated/α-hetero) is 1. The van der Waals surface area contributed by atoms with E-state index in [0.717, 1.165) is 0 Å². The lowest BCUT2D eigenvalue weighted by Crippen LogP contribution is -2.56. The van der Waals surface area contributed by atoms with Crippen molar-refractivity contribution in [1.29, 1.82) is 0 Å². The first kappa shape index (κ1) is 17.8. The zero-order chi connectivity index (χ0) is 18.5. The number of piperidine rings is 1. The fourth-order valence-corrected chi connectivity index (χ4v) is 5.99. The minimum Gasteiger partial charge on any atom is -0.307 e. The third-order valence-corrected chi connectivity index (χ3v) is 7.50. The third kappa shape index (κ3) is 2.72. The smallest absolute Gasteiger partial charge is 0.243 e. The minimum absolute atomic E-state index is 0.0141. The maximum Gasteiger partial charge on any atom is 0.243 e. The van der Waals surface area contributed by atoms with Crippen LogP contribution < -0.4 is 0 Å². The summed E-state index contributed by atoms with van der Waals surface area (Å²) in [7, 11) is -3.58. The van der Waals surface area contributed by atoms with Crippen molar-refractivity contribution in [2.24, 2.45) is 16.7 Å². The minimum atomic E-state index is -3.58. The monoisotopic (exact) mass is 358 g/mol. The fraction of sp³-hybridized carbons (Fsp3) is 0.474. The zero-order valence-electron chi connectivity index (χ0n) is 14.7. The lowest BCUT2D eigenvalue weighted by molar-refractivity contribution is -0.131. The molecule has 25 heavy (non-hydrogen) atoms. The number of rotatable bonds is 2. The van der Waals surface area contributed by atoms with Crippen LogP contribution in [0, 0.1) is 23.3 Å². The Morgan fingerprint density at radius 3 is 2.44 bits per heavy atom. The molecule has 1 fully saturated rings. The maximum absolute atomic E-state index is 13.0. The molecular weight excluding hydrogens is 336 g/mol. The van der Waals surface area contributed by atoms with Crippen molar-refractivity contribution in [2.75, 3.05) is 13.1 Å². The quantitative estimate of drug-likeness (QED) is 0.763. The Kier molecular flexibility index (Phi) is 4.13. The first-order valence-electron chi connectivity index (χ1n) is 8.33. The van der Waals surface area contributed by atoms with Gasteiger partial charge in [0, 0.05) is 18.5 Å². The van der Waals surface area contributed by atoms with Crippen LogP contribution in [0.3, 0.4) is 0 Å². The molecule has 2 aliphatic rings. The summed E-state index contributed by atoms with van der Waals surface area (Å²) in [4.78, 5) is 16.2. The predicted molar refractivity (Wildman–Crippen MR) is 94.9 cm³/mol. The van der Waals surface area contributed by atoms with E-state index in [1.807, 2.05) is 20.8 Å². The number of ketones is 1. The summed E-state index contributed by atoms with van der Waals surface area (Å²) in [5.41, 5.74) is -1.06. The highest BCUT2D eigenvalue weighted by molar-refractivity contribution is 7.89. The number of carbonyl (C=O) groups is 1. The van der Waals surface area contributed by atoms with Crippen LogP contribution in [-0.4, -0.2) is 31.6 Å². The Labute approximate surface area is 149 Å². The van der Waals surface area contributed by atoms with Crippen molar-refractivity contribution in [3.8, 4) is 0 Å². The fourth-order valence-electron chi connectivity index (χ4n) is 4.40. The molecule has 6 heteroatoms. The molecule has 1 aliphatic carbocycles. The van der Waals surface area contributed by atoms with Crippen molar-refractivity contribution in [3.63, 3.8) is 0 Å². The lowest BCUT2D eigenvalue weighted by atomic mass is 9.56. The molecule has 1 saturated heterocycles. The van der Waals surface area contributed by atoms with Crippen LogP contribution in [0.15, 0.2) is 47.0 Å². The van der Waals surface area contributed by atoms with Gasteiger partial charge in [-0.2, -0.15) is 4.31 Å². The number of hydrogen-bond donors (Lipinski definition) is 0. The molecule has 1 aliphatic heterocycles. The molecule has 0 saturated carbocycles. The standard InChI is InChI=1S/C19H22N2O3S/c1-18(2)16-10-11-21(25(23,24)14-8-6-5-7-9-14)13-19(16,3)12-15(20-4)17(18)22/h5-9,12,16H,10-11,13H2,1-3H3/t16-,19+/m0/s1. The summed E-state index contributed by atoms with van der Waals surface area (Å²) in [5.74, 6) is -0.121. The summed E-state index contributed by atoms with van der Waals surface area (Å²) in [6.45, 7) is 13.7. The first-order valence-corrected chi connectivity index (χ1v) is 9.77. The van der Waals surface area contributed by atoms with Crippen molar-refractivity contribution >= 4 is 15.8 Å². The summed E-state index contributed by atoms with van der Waals surface area (Å²) < 4.78 is 27.4. The molecule has 1 aromatic rings. The van der Waals surface area contributed by atoms with Crippen molar-refractivity contribution in [1.82, 2.24) is 4.31 Å².